The number of aliphatic hydroxyl groups excluding tert-OH is 1. The minimum atomic E-state index is -0.252. The van der Waals surface area contributed by atoms with Crippen molar-refractivity contribution in [3.8, 4) is 0 Å². The Morgan fingerprint density at radius 2 is 1.85 bits per heavy atom. The summed E-state index contributed by atoms with van der Waals surface area (Å²) in [5, 5.41) is 10.2. The Morgan fingerprint density at radius 3 is 2.63 bits per heavy atom. The van der Waals surface area contributed by atoms with E-state index in [0.29, 0.717) is 23.2 Å². The van der Waals surface area contributed by atoms with E-state index < -0.39 is 0 Å². The van der Waals surface area contributed by atoms with E-state index in [4.69, 9.17) is 4.42 Å². The van der Waals surface area contributed by atoms with Crippen LogP contribution < -0.4 is 5.63 Å². The van der Waals surface area contributed by atoms with E-state index in [1.807, 2.05) is 6.07 Å². The summed E-state index contributed by atoms with van der Waals surface area (Å²) in [4.78, 5) is 11.4. The lowest BCUT2D eigenvalue weighted by atomic mass is 9.51. The molecule has 4 aliphatic rings. The quantitative estimate of drug-likeness (QED) is 0.694. The first-order chi connectivity index (χ1) is 12.9. The van der Waals surface area contributed by atoms with Gasteiger partial charge in [-0.1, -0.05) is 25.0 Å². The average Bonchev–Trinajstić information content (AvgIpc) is 3.00. The summed E-state index contributed by atoms with van der Waals surface area (Å²) in [5.74, 6) is 1.85. The summed E-state index contributed by atoms with van der Waals surface area (Å²) >= 11 is 0. The maximum atomic E-state index is 11.4. The largest absolute Gasteiger partial charge is 0.431 e. The molecule has 4 aliphatic carbocycles. The molecule has 1 heterocycles. The van der Waals surface area contributed by atoms with Crippen LogP contribution in [0, 0.1) is 22.7 Å². The fraction of sp³-hybridized carbons (Fsp3) is 0.708. The first-order valence-electron chi connectivity index (χ1n) is 10.9. The second-order valence-corrected chi connectivity index (χ2v) is 10.2. The number of rotatable bonds is 1. The molecule has 3 heteroatoms. The van der Waals surface area contributed by atoms with Gasteiger partial charge in [0.05, 0.1) is 12.4 Å². The Hall–Kier alpha value is -1.35. The summed E-state index contributed by atoms with van der Waals surface area (Å²) in [6.45, 7) is 4.99. The van der Waals surface area contributed by atoms with Crippen molar-refractivity contribution in [3.05, 3.63) is 45.5 Å². The highest BCUT2D eigenvalue weighted by Crippen LogP contribution is 2.66. The Bertz CT molecular complexity index is 816. The molecule has 0 aromatic carbocycles. The van der Waals surface area contributed by atoms with Crippen molar-refractivity contribution in [2.75, 3.05) is 0 Å². The van der Waals surface area contributed by atoms with E-state index >= 15 is 0 Å². The molecule has 2 saturated carbocycles. The lowest BCUT2D eigenvalue weighted by Crippen LogP contribution is -2.45. The van der Waals surface area contributed by atoms with Crippen molar-refractivity contribution in [2.45, 2.75) is 83.7 Å². The second-order valence-electron chi connectivity index (χ2n) is 10.2. The van der Waals surface area contributed by atoms with Crippen LogP contribution in [-0.2, 0) is 0 Å². The molecule has 146 valence electrons. The van der Waals surface area contributed by atoms with Gasteiger partial charge < -0.3 is 9.52 Å². The molecule has 0 unspecified atom stereocenters. The summed E-state index contributed by atoms with van der Waals surface area (Å²) < 4.78 is 5.21. The predicted molar refractivity (Wildman–Crippen MR) is 105 cm³/mol. The van der Waals surface area contributed by atoms with Crippen LogP contribution >= 0.6 is 0 Å². The molecule has 3 nitrogen and oxygen atoms in total. The number of allylic oxidation sites excluding steroid dienone is 2. The molecular formula is C24H32O3. The second kappa shape index (κ2) is 6.07. The van der Waals surface area contributed by atoms with Crippen LogP contribution in [0.5, 0.6) is 0 Å². The topological polar surface area (TPSA) is 50.4 Å². The summed E-state index contributed by atoms with van der Waals surface area (Å²) in [6, 6.07) is 3.58. The highest BCUT2D eigenvalue weighted by atomic mass is 16.4. The number of hydrogen-bond donors (Lipinski definition) is 1. The molecule has 2 fully saturated rings. The van der Waals surface area contributed by atoms with E-state index in [1.165, 1.54) is 44.1 Å². The third kappa shape index (κ3) is 2.53. The van der Waals surface area contributed by atoms with E-state index in [0.717, 1.165) is 19.3 Å². The van der Waals surface area contributed by atoms with Crippen LogP contribution in [0.25, 0.3) is 0 Å². The zero-order valence-corrected chi connectivity index (χ0v) is 16.7. The number of aliphatic hydroxyl groups is 1. The van der Waals surface area contributed by atoms with Gasteiger partial charge in [0.25, 0.3) is 0 Å². The molecule has 0 spiro atoms. The van der Waals surface area contributed by atoms with Gasteiger partial charge in [-0.25, -0.2) is 4.79 Å². The van der Waals surface area contributed by atoms with Gasteiger partial charge >= 0.3 is 5.63 Å². The molecule has 1 aromatic rings. The van der Waals surface area contributed by atoms with Crippen LogP contribution in [0.4, 0.5) is 0 Å². The minimum Gasteiger partial charge on any atom is -0.431 e. The maximum absolute atomic E-state index is 11.4. The minimum absolute atomic E-state index is 0.0809. The molecule has 0 radical (unpaired) electrons. The van der Waals surface area contributed by atoms with Crippen LogP contribution in [-0.4, -0.2) is 11.2 Å². The van der Waals surface area contributed by atoms with Crippen molar-refractivity contribution < 1.29 is 9.52 Å². The van der Waals surface area contributed by atoms with Crippen LogP contribution in [0.1, 0.15) is 83.1 Å². The van der Waals surface area contributed by atoms with Crippen LogP contribution in [0.2, 0.25) is 0 Å². The van der Waals surface area contributed by atoms with Crippen molar-refractivity contribution in [1.82, 2.24) is 0 Å². The maximum Gasteiger partial charge on any atom is 0.335 e. The van der Waals surface area contributed by atoms with Gasteiger partial charge in [0.15, 0.2) is 0 Å². The van der Waals surface area contributed by atoms with Crippen molar-refractivity contribution in [1.29, 1.82) is 0 Å². The first-order valence-corrected chi connectivity index (χ1v) is 10.9. The van der Waals surface area contributed by atoms with E-state index in [1.54, 1.807) is 23.5 Å². The normalized spacial score (nSPS) is 43.8. The summed E-state index contributed by atoms with van der Waals surface area (Å²) in [7, 11) is 0. The predicted octanol–water partition coefficient (Wildman–Crippen LogP) is 5.19. The SMILES string of the molecule is C[C@]12CCC3=C(CC[C@@H]4C[C@@H](O)CC[C@]34C)[C@H]1CC[C@@H]2c1ccc(=O)oc1. The molecule has 6 atom stereocenters. The molecule has 0 aliphatic heterocycles. The van der Waals surface area contributed by atoms with E-state index in [-0.39, 0.29) is 17.1 Å². The average molecular weight is 369 g/mol. The van der Waals surface area contributed by atoms with Gasteiger partial charge in [-0.05, 0) is 98.0 Å². The van der Waals surface area contributed by atoms with Crippen LogP contribution in [0.3, 0.4) is 0 Å². The highest BCUT2D eigenvalue weighted by molar-refractivity contribution is 5.36. The zero-order chi connectivity index (χ0) is 18.8. The molecule has 0 amide bonds. The fourth-order valence-electron chi connectivity index (χ4n) is 7.55. The standard InChI is InChI=1S/C24H32O3/c1-23-11-9-17(25)13-16(23)4-5-18-20-7-6-19(15-3-8-22(26)27-14-15)24(20,2)12-10-21(18)23/h3,8,14,16-17,19-20,25H,4-7,9-13H2,1-2H3/t16-,17+,19-,20-,23+,24-/m1/s1. The lowest BCUT2D eigenvalue weighted by molar-refractivity contribution is 0.0177. The Morgan fingerprint density at radius 1 is 1.04 bits per heavy atom. The van der Waals surface area contributed by atoms with Gasteiger partial charge in [0, 0.05) is 6.07 Å². The van der Waals surface area contributed by atoms with E-state index in [9.17, 15) is 9.90 Å². The van der Waals surface area contributed by atoms with Crippen molar-refractivity contribution >= 4 is 0 Å². The number of hydrogen-bond acceptors (Lipinski definition) is 3. The van der Waals surface area contributed by atoms with Gasteiger partial charge in [-0.2, -0.15) is 0 Å². The number of fused-ring (bicyclic) bond motifs is 4. The smallest absolute Gasteiger partial charge is 0.335 e. The Labute approximate surface area is 161 Å². The van der Waals surface area contributed by atoms with Crippen molar-refractivity contribution in [3.63, 3.8) is 0 Å². The molecule has 27 heavy (non-hydrogen) atoms. The summed E-state index contributed by atoms with van der Waals surface area (Å²) in [5.41, 5.74) is 5.12. The summed E-state index contributed by atoms with van der Waals surface area (Å²) in [6.07, 6.45) is 12.2. The van der Waals surface area contributed by atoms with E-state index in [2.05, 4.69) is 13.8 Å². The molecule has 0 saturated heterocycles. The highest BCUT2D eigenvalue weighted by Gasteiger charge is 2.55. The molecule has 5 rings (SSSR count). The van der Waals surface area contributed by atoms with Crippen molar-refractivity contribution in [2.24, 2.45) is 22.7 Å². The van der Waals surface area contributed by atoms with Gasteiger partial charge in [0.1, 0.15) is 0 Å². The zero-order valence-electron chi connectivity index (χ0n) is 16.7. The monoisotopic (exact) mass is 368 g/mol. The van der Waals surface area contributed by atoms with Gasteiger partial charge in [0.2, 0.25) is 0 Å². The third-order valence-corrected chi connectivity index (χ3v) is 9.09. The van der Waals surface area contributed by atoms with Gasteiger partial charge in [-0.3, -0.25) is 0 Å². The van der Waals surface area contributed by atoms with Gasteiger partial charge in [-0.15, -0.1) is 0 Å². The molecular weight excluding hydrogens is 336 g/mol. The first kappa shape index (κ1) is 17.7. The molecule has 0 bridgehead atoms. The molecule has 1 aromatic heterocycles. The van der Waals surface area contributed by atoms with Crippen LogP contribution in [0.15, 0.2) is 38.8 Å². The lowest BCUT2D eigenvalue weighted by Gasteiger charge is -2.54. The Kier molecular flexibility index (Phi) is 3.99. The molecule has 1 N–H and O–H groups in total. The fourth-order valence-corrected chi connectivity index (χ4v) is 7.55. The third-order valence-electron chi connectivity index (χ3n) is 9.09. The Balaban J connectivity index is 1.50.